The van der Waals surface area contributed by atoms with E-state index >= 15 is 0 Å². The summed E-state index contributed by atoms with van der Waals surface area (Å²) in [7, 11) is 1.61. The maximum atomic E-state index is 12.0. The van der Waals surface area contributed by atoms with Gasteiger partial charge in [0, 0.05) is 11.1 Å². The lowest BCUT2D eigenvalue weighted by atomic mass is 10.1. The number of fused-ring (bicyclic) bond motifs is 1. The van der Waals surface area contributed by atoms with E-state index in [4.69, 9.17) is 19.1 Å². The Kier molecular flexibility index (Phi) is 17.7. The van der Waals surface area contributed by atoms with Crippen LogP contribution in [-0.2, 0) is 4.79 Å². The number of unbranched alkanes of at least 4 members (excludes halogenated alkanes) is 11. The van der Waals surface area contributed by atoms with E-state index in [1.807, 2.05) is 49.4 Å². The number of hydrogen-bond donors (Lipinski definition) is 1. The maximum Gasteiger partial charge on any atom is 0.344 e. The first kappa shape index (κ1) is 32.6. The Labute approximate surface area is 227 Å². The number of benzene rings is 1. The molecule has 0 aliphatic heterocycles. The molecule has 6 heteroatoms. The van der Waals surface area contributed by atoms with E-state index in [-0.39, 0.29) is 12.1 Å². The number of rotatable bonds is 14. The largest absolute Gasteiger partial charge is 0.497 e. The van der Waals surface area contributed by atoms with Crippen LogP contribution >= 0.6 is 0 Å². The van der Waals surface area contributed by atoms with Crippen molar-refractivity contribution in [2.45, 2.75) is 90.9 Å². The van der Waals surface area contributed by atoms with Crippen molar-refractivity contribution in [2.75, 3.05) is 7.11 Å². The van der Waals surface area contributed by atoms with Crippen molar-refractivity contribution in [3.63, 3.8) is 0 Å². The first-order valence-electron chi connectivity index (χ1n) is 13.7. The minimum Gasteiger partial charge on any atom is -0.497 e. The number of hydrogen-bond acceptors (Lipinski definition) is 5. The van der Waals surface area contributed by atoms with Crippen LogP contribution in [-0.4, -0.2) is 23.7 Å². The van der Waals surface area contributed by atoms with Gasteiger partial charge in [-0.05, 0) is 49.6 Å². The molecule has 0 saturated carbocycles. The minimum absolute atomic E-state index is 0.250. The average Bonchev–Trinajstić information content (AvgIpc) is 2.92. The third kappa shape index (κ3) is 13.2. The third-order valence-corrected chi connectivity index (χ3v) is 6.17. The Morgan fingerprint density at radius 2 is 1.50 bits per heavy atom. The lowest BCUT2D eigenvalue weighted by Crippen LogP contribution is -2.03. The van der Waals surface area contributed by atoms with Gasteiger partial charge in [-0.1, -0.05) is 89.3 Å². The molecule has 1 aromatic carbocycles. The number of aryl methyl sites for hydroxylation is 1. The summed E-state index contributed by atoms with van der Waals surface area (Å²) in [6.07, 6.45) is 20.5. The van der Waals surface area contributed by atoms with Crippen LogP contribution < -0.4 is 10.4 Å². The van der Waals surface area contributed by atoms with Gasteiger partial charge in [0.25, 0.3) is 6.47 Å². The summed E-state index contributed by atoms with van der Waals surface area (Å²) in [4.78, 5) is 24.5. The van der Waals surface area contributed by atoms with E-state index in [9.17, 15) is 4.79 Å². The van der Waals surface area contributed by atoms with Crippen LogP contribution in [0.3, 0.4) is 0 Å². The highest BCUT2D eigenvalue weighted by Gasteiger charge is 2.08. The molecule has 0 fully saturated rings. The van der Waals surface area contributed by atoms with E-state index in [1.165, 1.54) is 77.0 Å². The molecule has 0 aliphatic rings. The molecule has 38 heavy (non-hydrogen) atoms. The van der Waals surface area contributed by atoms with Crippen LogP contribution in [0.25, 0.3) is 22.1 Å². The number of pyridine rings is 1. The van der Waals surface area contributed by atoms with Crippen molar-refractivity contribution in [3.05, 3.63) is 71.4 Å². The van der Waals surface area contributed by atoms with Crippen molar-refractivity contribution in [1.29, 1.82) is 0 Å². The molecule has 1 N–H and O–H groups in total. The van der Waals surface area contributed by atoms with Gasteiger partial charge in [0.2, 0.25) is 0 Å². The summed E-state index contributed by atoms with van der Waals surface area (Å²) in [6, 6.07) is 11.0. The van der Waals surface area contributed by atoms with Gasteiger partial charge in [0.15, 0.2) is 5.58 Å². The van der Waals surface area contributed by atoms with E-state index < -0.39 is 0 Å². The fourth-order valence-corrected chi connectivity index (χ4v) is 4.06. The quantitative estimate of drug-likeness (QED) is 0.129. The molecule has 3 rings (SSSR count). The Morgan fingerprint density at radius 3 is 2.03 bits per heavy atom. The molecule has 3 aromatic rings. The van der Waals surface area contributed by atoms with Crippen LogP contribution in [0.2, 0.25) is 0 Å². The number of carbonyl (C=O) groups is 1. The predicted molar refractivity (Wildman–Crippen MR) is 157 cm³/mol. The second-order valence-corrected chi connectivity index (χ2v) is 9.26. The molecular weight excluding hydrogens is 478 g/mol. The smallest absolute Gasteiger partial charge is 0.344 e. The van der Waals surface area contributed by atoms with Crippen molar-refractivity contribution in [3.8, 4) is 16.9 Å². The van der Waals surface area contributed by atoms with E-state index in [1.54, 1.807) is 13.3 Å². The maximum absolute atomic E-state index is 12.0. The number of allylic oxidation sites excluding steroid dienone is 1. The van der Waals surface area contributed by atoms with Gasteiger partial charge < -0.3 is 14.3 Å². The molecule has 0 unspecified atom stereocenters. The molecule has 208 valence electrons. The molecule has 0 radical (unpaired) electrons. The molecule has 0 bridgehead atoms. The standard InChI is InChI=1S/C16H13NO3.C15H30.CH2O2/c1-10-7-12-8-14(16(18)20-15(12)9-17-10)11-3-5-13(19-2)6-4-11;1-3-5-7-9-11-13-15-14-12-10-8-6-4-2;2-1-3/h3-9H,1-2H3;3H,1,4-15H2,2H3;1H,(H,2,3). The van der Waals surface area contributed by atoms with Crippen molar-refractivity contribution >= 4 is 17.4 Å². The molecule has 2 aromatic heterocycles. The van der Waals surface area contributed by atoms with Gasteiger partial charge >= 0.3 is 5.63 Å². The molecule has 0 saturated heterocycles. The highest BCUT2D eigenvalue weighted by atomic mass is 16.5. The number of ether oxygens (including phenoxy) is 1. The van der Waals surface area contributed by atoms with Gasteiger partial charge in [0.05, 0.1) is 18.9 Å². The summed E-state index contributed by atoms with van der Waals surface area (Å²) >= 11 is 0. The van der Waals surface area contributed by atoms with Gasteiger partial charge in [-0.3, -0.25) is 9.78 Å². The van der Waals surface area contributed by atoms with Gasteiger partial charge in [-0.15, -0.1) is 6.58 Å². The molecule has 0 spiro atoms. The number of aromatic nitrogens is 1. The van der Waals surface area contributed by atoms with Crippen LogP contribution in [0, 0.1) is 6.92 Å². The first-order valence-corrected chi connectivity index (χ1v) is 13.7. The van der Waals surface area contributed by atoms with Crippen molar-refractivity contribution < 1.29 is 19.1 Å². The van der Waals surface area contributed by atoms with Crippen LogP contribution in [0.1, 0.15) is 89.7 Å². The van der Waals surface area contributed by atoms with E-state index in [0.717, 1.165) is 22.4 Å². The van der Waals surface area contributed by atoms with Gasteiger partial charge in [-0.2, -0.15) is 0 Å². The summed E-state index contributed by atoms with van der Waals surface area (Å²) in [5.41, 5.74) is 2.35. The number of carboxylic acid groups (broad SMARTS) is 1. The van der Waals surface area contributed by atoms with Crippen LogP contribution in [0.4, 0.5) is 0 Å². The normalized spacial score (nSPS) is 10.1. The zero-order valence-corrected chi connectivity index (χ0v) is 23.4. The van der Waals surface area contributed by atoms with Crippen LogP contribution in [0.15, 0.2) is 64.5 Å². The summed E-state index contributed by atoms with van der Waals surface area (Å²) < 4.78 is 10.4. The molecule has 0 atom stereocenters. The molecule has 0 aliphatic carbocycles. The zero-order chi connectivity index (χ0) is 28.0. The van der Waals surface area contributed by atoms with Crippen LogP contribution in [0.5, 0.6) is 5.75 Å². The van der Waals surface area contributed by atoms with E-state index in [2.05, 4.69) is 18.5 Å². The monoisotopic (exact) mass is 523 g/mol. The Bertz CT molecular complexity index is 1110. The van der Waals surface area contributed by atoms with E-state index in [0.29, 0.717) is 11.1 Å². The van der Waals surface area contributed by atoms with Gasteiger partial charge in [-0.25, -0.2) is 4.79 Å². The second-order valence-electron chi connectivity index (χ2n) is 9.26. The number of methoxy groups -OCH3 is 1. The average molecular weight is 524 g/mol. The van der Waals surface area contributed by atoms with Gasteiger partial charge in [0.1, 0.15) is 5.75 Å². The highest BCUT2D eigenvalue weighted by molar-refractivity contribution is 5.81. The molecule has 6 nitrogen and oxygen atoms in total. The summed E-state index contributed by atoms with van der Waals surface area (Å²) in [5.74, 6) is 0.749. The fourth-order valence-electron chi connectivity index (χ4n) is 4.06. The second kappa shape index (κ2) is 20.6. The summed E-state index contributed by atoms with van der Waals surface area (Å²) in [5, 5.41) is 7.75. The predicted octanol–water partition coefficient (Wildman–Crippen LogP) is 8.75. The zero-order valence-electron chi connectivity index (χ0n) is 23.4. The molecule has 0 amide bonds. The first-order chi connectivity index (χ1) is 18.5. The fraction of sp³-hybridized carbons (Fsp3) is 0.469. The van der Waals surface area contributed by atoms with Crippen molar-refractivity contribution in [2.24, 2.45) is 0 Å². The minimum atomic E-state index is -0.367. The van der Waals surface area contributed by atoms with Crippen molar-refractivity contribution in [1.82, 2.24) is 4.98 Å². The highest BCUT2D eigenvalue weighted by Crippen LogP contribution is 2.23. The number of nitrogens with zero attached hydrogens (tertiary/aromatic N) is 1. The third-order valence-electron chi connectivity index (χ3n) is 6.17. The molecular formula is C32H45NO5. The SMILES string of the molecule is C=CCCCCCCCCCCCCC.COc1ccc(-c2cc3cc(C)ncc3oc2=O)cc1.O=CO. The Hall–Kier alpha value is -3.41. The summed E-state index contributed by atoms with van der Waals surface area (Å²) in [6.45, 7) is 7.67. The topological polar surface area (TPSA) is 89.6 Å². The lowest BCUT2D eigenvalue weighted by molar-refractivity contribution is -0.122. The molecule has 2 heterocycles. The Morgan fingerprint density at radius 1 is 0.947 bits per heavy atom. The Balaban J connectivity index is 0.000000359. The lowest BCUT2D eigenvalue weighted by Gasteiger charge is -2.04.